The molecule has 1 aliphatic rings. The fourth-order valence-electron chi connectivity index (χ4n) is 3.60. The normalized spacial score (nSPS) is 13.8. The molecule has 0 radical (unpaired) electrons. The molecule has 2 amide bonds. The predicted octanol–water partition coefficient (Wildman–Crippen LogP) is 4.04. The Kier molecular flexibility index (Phi) is 5.75. The van der Waals surface area contributed by atoms with Gasteiger partial charge in [0.15, 0.2) is 0 Å². The highest BCUT2D eigenvalue weighted by Crippen LogP contribution is 2.27. The van der Waals surface area contributed by atoms with Crippen molar-refractivity contribution in [1.29, 1.82) is 0 Å². The summed E-state index contributed by atoms with van der Waals surface area (Å²) >= 11 is 0. The number of nitrogens with zero attached hydrogens (tertiary/aromatic N) is 2. The molecule has 0 unspecified atom stereocenters. The molecule has 0 spiro atoms. The van der Waals surface area contributed by atoms with Crippen LogP contribution in [0.25, 0.3) is 0 Å². The van der Waals surface area contributed by atoms with Gasteiger partial charge in [0, 0.05) is 31.7 Å². The summed E-state index contributed by atoms with van der Waals surface area (Å²) in [6.45, 7) is 2.46. The molecule has 1 saturated heterocycles. The highest BCUT2D eigenvalue weighted by atomic mass is 19.1. The molecule has 3 aromatic rings. The Morgan fingerprint density at radius 2 is 1.40 bits per heavy atom. The third-order valence-electron chi connectivity index (χ3n) is 5.20. The number of hydrogen-bond acceptors (Lipinski definition) is 3. The molecule has 3 aromatic carbocycles. The van der Waals surface area contributed by atoms with E-state index in [2.05, 4.69) is 10.2 Å². The Hall–Kier alpha value is -3.67. The minimum atomic E-state index is -0.555. The molecular weight excluding hydrogens is 381 g/mol. The zero-order valence-electron chi connectivity index (χ0n) is 16.4. The number of benzene rings is 3. The van der Waals surface area contributed by atoms with Gasteiger partial charge in [-0.1, -0.05) is 42.5 Å². The van der Waals surface area contributed by atoms with E-state index in [-0.39, 0.29) is 11.5 Å². The van der Waals surface area contributed by atoms with E-state index in [0.717, 1.165) is 5.69 Å². The maximum Gasteiger partial charge on any atom is 0.258 e. The van der Waals surface area contributed by atoms with Gasteiger partial charge >= 0.3 is 0 Å². The van der Waals surface area contributed by atoms with Crippen molar-refractivity contribution in [2.75, 3.05) is 36.4 Å². The summed E-state index contributed by atoms with van der Waals surface area (Å²) < 4.78 is 13.9. The summed E-state index contributed by atoms with van der Waals surface area (Å²) in [5.74, 6) is -1.02. The number of halogens is 1. The van der Waals surface area contributed by atoms with Gasteiger partial charge in [0.25, 0.3) is 11.8 Å². The lowest BCUT2D eigenvalue weighted by Gasteiger charge is -2.37. The number of amides is 2. The molecule has 1 heterocycles. The number of anilines is 2. The van der Waals surface area contributed by atoms with E-state index in [0.29, 0.717) is 37.4 Å². The molecule has 30 heavy (non-hydrogen) atoms. The third-order valence-corrected chi connectivity index (χ3v) is 5.20. The van der Waals surface area contributed by atoms with Crippen molar-refractivity contribution in [3.05, 3.63) is 95.8 Å². The van der Waals surface area contributed by atoms with E-state index < -0.39 is 11.7 Å². The van der Waals surface area contributed by atoms with Crippen LogP contribution in [0.5, 0.6) is 0 Å². The van der Waals surface area contributed by atoms with Crippen LogP contribution in [0.3, 0.4) is 0 Å². The Balaban J connectivity index is 1.45. The number of piperazine rings is 1. The van der Waals surface area contributed by atoms with Gasteiger partial charge in [-0.2, -0.15) is 0 Å². The van der Waals surface area contributed by atoms with E-state index in [9.17, 15) is 14.0 Å². The first-order valence-electron chi connectivity index (χ1n) is 9.87. The number of carbonyl (C=O) groups excluding carboxylic acids is 2. The Bertz CT molecular complexity index is 1050. The van der Waals surface area contributed by atoms with E-state index in [1.807, 2.05) is 53.4 Å². The van der Waals surface area contributed by atoms with Crippen LogP contribution >= 0.6 is 0 Å². The van der Waals surface area contributed by atoms with E-state index in [4.69, 9.17) is 0 Å². The Morgan fingerprint density at radius 1 is 0.767 bits per heavy atom. The van der Waals surface area contributed by atoms with Gasteiger partial charge in [0.1, 0.15) is 5.82 Å². The number of hydrogen-bond donors (Lipinski definition) is 1. The van der Waals surface area contributed by atoms with Crippen LogP contribution < -0.4 is 10.2 Å². The van der Waals surface area contributed by atoms with E-state index in [1.54, 1.807) is 18.2 Å². The Labute approximate surface area is 174 Å². The quantitative estimate of drug-likeness (QED) is 0.715. The lowest BCUT2D eigenvalue weighted by molar-refractivity contribution is 0.0746. The second-order valence-corrected chi connectivity index (χ2v) is 7.10. The first kappa shape index (κ1) is 19.6. The monoisotopic (exact) mass is 403 g/mol. The van der Waals surface area contributed by atoms with Gasteiger partial charge in [0.05, 0.1) is 16.9 Å². The molecule has 152 valence electrons. The van der Waals surface area contributed by atoms with Crippen molar-refractivity contribution in [3.63, 3.8) is 0 Å². The predicted molar refractivity (Wildman–Crippen MR) is 115 cm³/mol. The molecule has 0 atom stereocenters. The second kappa shape index (κ2) is 8.78. The molecule has 0 saturated carbocycles. The minimum absolute atomic E-state index is 0.00517. The first-order chi connectivity index (χ1) is 14.6. The van der Waals surface area contributed by atoms with Gasteiger partial charge in [-0.05, 0) is 36.4 Å². The number of para-hydroxylation sites is 2. The summed E-state index contributed by atoms with van der Waals surface area (Å²) in [6.07, 6.45) is 0. The molecule has 1 fully saturated rings. The molecule has 5 nitrogen and oxygen atoms in total. The van der Waals surface area contributed by atoms with Gasteiger partial charge in [-0.15, -0.1) is 0 Å². The SMILES string of the molecule is O=C(Nc1ccccc1N1CCN(C(=O)c2ccccc2)CC1)c1ccccc1F. The molecular formula is C24H22FN3O2. The molecule has 0 aromatic heterocycles. The zero-order valence-corrected chi connectivity index (χ0v) is 16.4. The molecule has 1 aliphatic heterocycles. The fraction of sp³-hybridized carbons (Fsp3) is 0.167. The topological polar surface area (TPSA) is 52.7 Å². The summed E-state index contributed by atoms with van der Waals surface area (Å²) in [6, 6.07) is 22.6. The average molecular weight is 403 g/mol. The van der Waals surface area contributed by atoms with Crippen LogP contribution in [-0.4, -0.2) is 42.9 Å². The molecule has 6 heteroatoms. The smallest absolute Gasteiger partial charge is 0.258 e. The van der Waals surface area contributed by atoms with Crippen molar-refractivity contribution in [2.24, 2.45) is 0 Å². The zero-order chi connectivity index (χ0) is 20.9. The highest BCUT2D eigenvalue weighted by molar-refractivity contribution is 6.06. The maximum absolute atomic E-state index is 13.9. The second-order valence-electron chi connectivity index (χ2n) is 7.10. The van der Waals surface area contributed by atoms with Gasteiger partial charge < -0.3 is 15.1 Å². The van der Waals surface area contributed by atoms with Crippen molar-refractivity contribution >= 4 is 23.2 Å². The lowest BCUT2D eigenvalue weighted by atomic mass is 10.1. The average Bonchev–Trinajstić information content (AvgIpc) is 2.80. The van der Waals surface area contributed by atoms with Crippen LogP contribution in [0.1, 0.15) is 20.7 Å². The highest BCUT2D eigenvalue weighted by Gasteiger charge is 2.24. The van der Waals surface area contributed by atoms with Crippen LogP contribution in [0.2, 0.25) is 0 Å². The maximum atomic E-state index is 13.9. The number of rotatable bonds is 4. The van der Waals surface area contributed by atoms with Gasteiger partial charge in [-0.25, -0.2) is 4.39 Å². The van der Waals surface area contributed by atoms with E-state index >= 15 is 0 Å². The third kappa shape index (κ3) is 4.17. The largest absolute Gasteiger partial charge is 0.366 e. The molecule has 1 N–H and O–H groups in total. The van der Waals surface area contributed by atoms with Gasteiger partial charge in [-0.3, -0.25) is 9.59 Å². The van der Waals surface area contributed by atoms with Crippen LogP contribution in [0, 0.1) is 5.82 Å². The van der Waals surface area contributed by atoms with Crippen molar-refractivity contribution in [2.45, 2.75) is 0 Å². The summed E-state index contributed by atoms with van der Waals surface area (Å²) in [4.78, 5) is 29.2. The van der Waals surface area contributed by atoms with Crippen LogP contribution in [0.4, 0.5) is 15.8 Å². The molecule has 0 aliphatic carbocycles. The lowest BCUT2D eigenvalue weighted by Crippen LogP contribution is -2.49. The summed E-state index contributed by atoms with van der Waals surface area (Å²) in [7, 11) is 0. The fourth-order valence-corrected chi connectivity index (χ4v) is 3.60. The van der Waals surface area contributed by atoms with E-state index in [1.165, 1.54) is 12.1 Å². The number of nitrogens with one attached hydrogen (secondary N) is 1. The Morgan fingerprint density at radius 3 is 2.13 bits per heavy atom. The number of carbonyl (C=O) groups is 2. The minimum Gasteiger partial charge on any atom is -0.366 e. The van der Waals surface area contributed by atoms with Crippen molar-refractivity contribution < 1.29 is 14.0 Å². The van der Waals surface area contributed by atoms with Crippen molar-refractivity contribution in [1.82, 2.24) is 4.90 Å². The molecule has 0 bridgehead atoms. The van der Waals surface area contributed by atoms with Gasteiger partial charge in [0.2, 0.25) is 0 Å². The summed E-state index contributed by atoms with van der Waals surface area (Å²) in [5, 5.41) is 2.82. The molecule has 4 rings (SSSR count). The van der Waals surface area contributed by atoms with Crippen LogP contribution in [-0.2, 0) is 0 Å². The summed E-state index contributed by atoms with van der Waals surface area (Å²) in [5.41, 5.74) is 2.16. The standard InChI is InChI=1S/C24H22FN3O2/c25-20-11-5-4-10-19(20)23(29)26-21-12-6-7-13-22(21)27-14-16-28(17-15-27)24(30)18-8-2-1-3-9-18/h1-13H,14-17H2,(H,26,29). The van der Waals surface area contributed by atoms with Crippen LogP contribution in [0.15, 0.2) is 78.9 Å². The van der Waals surface area contributed by atoms with Crippen molar-refractivity contribution in [3.8, 4) is 0 Å². The first-order valence-corrected chi connectivity index (χ1v) is 9.87.